The highest BCUT2D eigenvalue weighted by molar-refractivity contribution is 7.18. The van der Waals surface area contributed by atoms with Crippen molar-refractivity contribution in [1.82, 2.24) is 15.2 Å². The molecule has 8 heteroatoms. The van der Waals surface area contributed by atoms with Crippen LogP contribution >= 0.6 is 11.3 Å². The fourth-order valence-corrected chi connectivity index (χ4v) is 2.34. The molecule has 19 heavy (non-hydrogen) atoms. The second-order valence-corrected chi connectivity index (χ2v) is 5.33. The van der Waals surface area contributed by atoms with E-state index in [0.29, 0.717) is 10.9 Å². The van der Waals surface area contributed by atoms with Crippen LogP contribution in [0.4, 0.5) is 5.00 Å². The lowest BCUT2D eigenvalue weighted by Gasteiger charge is -1.96. The first-order valence-electron chi connectivity index (χ1n) is 5.70. The van der Waals surface area contributed by atoms with Gasteiger partial charge >= 0.3 is 5.97 Å². The number of carbonyl (C=O) groups is 2. The van der Waals surface area contributed by atoms with E-state index in [-0.39, 0.29) is 10.7 Å². The lowest BCUT2D eigenvalue weighted by Crippen LogP contribution is -2.12. The number of nitrogens with one attached hydrogen (secondary N) is 2. The number of amides is 1. The van der Waals surface area contributed by atoms with Crippen LogP contribution in [0.25, 0.3) is 0 Å². The first kappa shape index (κ1) is 11.8. The van der Waals surface area contributed by atoms with E-state index < -0.39 is 11.9 Å². The van der Waals surface area contributed by atoms with Gasteiger partial charge in [-0.25, -0.2) is 9.78 Å². The molecule has 0 spiro atoms. The summed E-state index contributed by atoms with van der Waals surface area (Å²) in [5.41, 5.74) is 0. The minimum Gasteiger partial charge on any atom is -0.477 e. The highest BCUT2D eigenvalue weighted by atomic mass is 32.1. The maximum absolute atomic E-state index is 11.9. The summed E-state index contributed by atoms with van der Waals surface area (Å²) in [7, 11) is 0. The number of H-pyrrole nitrogens is 1. The third-order valence-electron chi connectivity index (χ3n) is 2.72. The molecule has 2 aromatic heterocycles. The number of carboxylic acid groups (broad SMARTS) is 1. The van der Waals surface area contributed by atoms with Crippen molar-refractivity contribution < 1.29 is 14.7 Å². The zero-order valence-corrected chi connectivity index (χ0v) is 10.5. The van der Waals surface area contributed by atoms with Gasteiger partial charge in [0.15, 0.2) is 0 Å². The van der Waals surface area contributed by atoms with Crippen molar-refractivity contribution in [1.29, 1.82) is 0 Å². The van der Waals surface area contributed by atoms with Crippen LogP contribution in [-0.2, 0) is 0 Å². The van der Waals surface area contributed by atoms with Gasteiger partial charge in [0.05, 0.1) is 5.00 Å². The fraction of sp³-hybridized carbons (Fsp3) is 0.273. The van der Waals surface area contributed by atoms with Crippen LogP contribution in [0.2, 0.25) is 0 Å². The van der Waals surface area contributed by atoms with E-state index in [2.05, 4.69) is 20.5 Å². The van der Waals surface area contributed by atoms with Crippen LogP contribution in [0.5, 0.6) is 0 Å². The molecule has 0 aromatic carbocycles. The van der Waals surface area contributed by atoms with Crippen molar-refractivity contribution >= 4 is 28.2 Å². The summed E-state index contributed by atoms with van der Waals surface area (Å²) in [4.78, 5) is 26.9. The van der Waals surface area contributed by atoms with E-state index >= 15 is 0 Å². The molecular weight excluding hydrogens is 268 g/mol. The van der Waals surface area contributed by atoms with Crippen LogP contribution in [0.15, 0.2) is 12.1 Å². The first-order valence-corrected chi connectivity index (χ1v) is 6.52. The molecule has 0 atom stereocenters. The van der Waals surface area contributed by atoms with Crippen molar-refractivity contribution in [2.45, 2.75) is 18.8 Å². The number of aromatic nitrogens is 3. The monoisotopic (exact) mass is 278 g/mol. The number of rotatable bonds is 4. The molecule has 1 amide bonds. The molecule has 3 rings (SSSR count). The van der Waals surface area contributed by atoms with E-state index in [9.17, 15) is 9.59 Å². The van der Waals surface area contributed by atoms with Gasteiger partial charge in [-0.05, 0) is 25.0 Å². The molecule has 2 aromatic rings. The Labute approximate surface area is 111 Å². The number of anilines is 1. The van der Waals surface area contributed by atoms with Gasteiger partial charge < -0.3 is 10.4 Å². The Bertz CT molecular complexity index is 644. The van der Waals surface area contributed by atoms with Crippen molar-refractivity contribution in [3.63, 3.8) is 0 Å². The number of aromatic amines is 1. The Hall–Kier alpha value is -2.22. The number of carboxylic acids is 1. The minimum atomic E-state index is -1.01. The average Bonchev–Trinajstić information content (AvgIpc) is 2.92. The SMILES string of the molecule is O=C(Nc1ccc(C(=O)O)s1)c1n[nH]c(C2CC2)n1. The lowest BCUT2D eigenvalue weighted by molar-refractivity contribution is 0.0702. The second kappa shape index (κ2) is 4.47. The van der Waals surface area contributed by atoms with Crippen molar-refractivity contribution in [2.24, 2.45) is 0 Å². The molecule has 7 nitrogen and oxygen atoms in total. The van der Waals surface area contributed by atoms with Crippen LogP contribution in [0.3, 0.4) is 0 Å². The molecule has 1 fully saturated rings. The van der Waals surface area contributed by atoms with Gasteiger partial charge in [0.25, 0.3) is 5.91 Å². The zero-order chi connectivity index (χ0) is 13.4. The summed E-state index contributed by atoms with van der Waals surface area (Å²) in [5, 5.41) is 18.4. The Balaban J connectivity index is 1.70. The highest BCUT2D eigenvalue weighted by Crippen LogP contribution is 2.37. The Morgan fingerprint density at radius 3 is 2.84 bits per heavy atom. The quantitative estimate of drug-likeness (QED) is 0.788. The van der Waals surface area contributed by atoms with Crippen molar-refractivity contribution in [2.75, 3.05) is 5.32 Å². The average molecular weight is 278 g/mol. The highest BCUT2D eigenvalue weighted by Gasteiger charge is 2.28. The zero-order valence-electron chi connectivity index (χ0n) is 9.71. The normalized spacial score (nSPS) is 14.3. The molecule has 98 valence electrons. The molecule has 0 aliphatic heterocycles. The Morgan fingerprint density at radius 2 is 2.21 bits per heavy atom. The maximum Gasteiger partial charge on any atom is 0.345 e. The number of aromatic carboxylic acids is 1. The molecule has 0 radical (unpaired) electrons. The smallest absolute Gasteiger partial charge is 0.345 e. The number of carbonyl (C=O) groups excluding carboxylic acids is 1. The molecular formula is C11H10N4O3S. The number of hydrogen-bond donors (Lipinski definition) is 3. The summed E-state index contributed by atoms with van der Waals surface area (Å²) in [6.45, 7) is 0. The number of hydrogen-bond acceptors (Lipinski definition) is 5. The predicted molar refractivity (Wildman–Crippen MR) is 67.6 cm³/mol. The molecule has 0 bridgehead atoms. The fourth-order valence-electron chi connectivity index (χ4n) is 1.60. The summed E-state index contributed by atoms with van der Waals surface area (Å²) in [6.07, 6.45) is 2.15. The minimum absolute atomic E-state index is 0.0761. The maximum atomic E-state index is 11.9. The third-order valence-corrected chi connectivity index (χ3v) is 3.71. The molecule has 1 aliphatic rings. The summed E-state index contributed by atoms with van der Waals surface area (Å²) < 4.78 is 0. The Kier molecular flexibility index (Phi) is 2.79. The Morgan fingerprint density at radius 1 is 1.42 bits per heavy atom. The van der Waals surface area contributed by atoms with Gasteiger partial charge in [0, 0.05) is 5.92 Å². The van der Waals surface area contributed by atoms with Crippen LogP contribution in [-0.4, -0.2) is 32.2 Å². The van der Waals surface area contributed by atoms with E-state index in [0.717, 1.165) is 30.0 Å². The van der Waals surface area contributed by atoms with Gasteiger partial charge in [-0.3, -0.25) is 9.89 Å². The van der Waals surface area contributed by atoms with E-state index in [1.807, 2.05) is 0 Å². The van der Waals surface area contributed by atoms with Crippen LogP contribution in [0.1, 0.15) is 44.9 Å². The number of thiophene rings is 1. The standard InChI is InChI=1S/C11H10N4O3S/c16-10(9-13-8(14-15-9)5-1-2-5)12-7-4-3-6(19-7)11(17)18/h3-5H,1-2H2,(H,12,16)(H,17,18)(H,13,14,15). The lowest BCUT2D eigenvalue weighted by atomic mass is 10.4. The van der Waals surface area contributed by atoms with Gasteiger partial charge in [0.2, 0.25) is 5.82 Å². The summed E-state index contributed by atoms with van der Waals surface area (Å²) >= 11 is 0.992. The molecule has 1 aliphatic carbocycles. The van der Waals surface area contributed by atoms with E-state index in [4.69, 9.17) is 5.11 Å². The second-order valence-electron chi connectivity index (χ2n) is 4.24. The molecule has 0 saturated heterocycles. The van der Waals surface area contributed by atoms with Gasteiger partial charge in [-0.15, -0.1) is 16.4 Å². The van der Waals surface area contributed by atoms with E-state index in [1.165, 1.54) is 6.07 Å². The summed E-state index contributed by atoms with van der Waals surface area (Å²) in [6, 6.07) is 2.98. The third kappa shape index (κ3) is 2.48. The van der Waals surface area contributed by atoms with Crippen LogP contribution < -0.4 is 5.32 Å². The van der Waals surface area contributed by atoms with Gasteiger partial charge in [-0.2, -0.15) is 0 Å². The molecule has 1 saturated carbocycles. The largest absolute Gasteiger partial charge is 0.477 e. The number of nitrogens with zero attached hydrogens (tertiary/aromatic N) is 2. The van der Waals surface area contributed by atoms with Crippen molar-refractivity contribution in [3.8, 4) is 0 Å². The van der Waals surface area contributed by atoms with Crippen molar-refractivity contribution in [3.05, 3.63) is 28.7 Å². The first-order chi connectivity index (χ1) is 9.13. The molecule has 2 heterocycles. The van der Waals surface area contributed by atoms with Gasteiger partial charge in [-0.1, -0.05) is 0 Å². The van der Waals surface area contributed by atoms with Gasteiger partial charge in [0.1, 0.15) is 10.7 Å². The van der Waals surface area contributed by atoms with Crippen LogP contribution in [0, 0.1) is 0 Å². The predicted octanol–water partition coefficient (Wildman–Crippen LogP) is 1.69. The topological polar surface area (TPSA) is 108 Å². The summed E-state index contributed by atoms with van der Waals surface area (Å²) in [5.74, 6) is -0.245. The van der Waals surface area contributed by atoms with E-state index in [1.54, 1.807) is 6.07 Å². The molecule has 3 N–H and O–H groups in total. The molecule has 0 unspecified atom stereocenters.